The summed E-state index contributed by atoms with van der Waals surface area (Å²) in [6.45, 7) is 3.21. The summed E-state index contributed by atoms with van der Waals surface area (Å²) in [5.74, 6) is -0.602. The molecule has 6 nitrogen and oxygen atoms in total. The number of nitrogens with one attached hydrogen (secondary N) is 1. The number of ether oxygens (including phenoxy) is 2. The predicted octanol–water partition coefficient (Wildman–Crippen LogP) is 2.38. The lowest BCUT2D eigenvalue weighted by Gasteiger charge is -2.14. The average Bonchev–Trinajstić information content (AvgIpc) is 2.83. The van der Waals surface area contributed by atoms with Crippen molar-refractivity contribution in [2.45, 2.75) is 6.42 Å². The minimum atomic E-state index is -1.08. The number of carboxylic acid groups (broad SMARTS) is 1. The zero-order valence-corrected chi connectivity index (χ0v) is 14.5. The highest BCUT2D eigenvalue weighted by Gasteiger charge is 2.22. The molecule has 2 N–H and O–H groups in total. The molecule has 1 saturated heterocycles. The molecule has 1 aliphatic rings. The van der Waals surface area contributed by atoms with Gasteiger partial charge in [-0.25, -0.2) is 4.79 Å². The molecular formula is C16H15NO5S2. The van der Waals surface area contributed by atoms with Crippen LogP contribution in [0.2, 0.25) is 0 Å². The standard InChI is InChI=1S/C16H15NO5S2/c1-3-4-10-5-9(7-12-15(20)17-16(23)24-12)6-11(21-2)14(10)22-8-13(18)19/h3,5-7H,1,4,8H2,2H3,(H,18,19)(H,17,20,23)/b12-7-. The van der Waals surface area contributed by atoms with Crippen LogP contribution in [0.4, 0.5) is 0 Å². The molecule has 8 heteroatoms. The van der Waals surface area contributed by atoms with Gasteiger partial charge in [0.2, 0.25) is 0 Å². The number of allylic oxidation sites excluding steroid dienone is 1. The predicted molar refractivity (Wildman–Crippen MR) is 96.3 cm³/mol. The lowest BCUT2D eigenvalue weighted by molar-refractivity contribution is -0.139. The fourth-order valence-electron chi connectivity index (χ4n) is 2.10. The number of thiocarbonyl (C=S) groups is 1. The Morgan fingerprint density at radius 2 is 2.25 bits per heavy atom. The van der Waals surface area contributed by atoms with E-state index in [0.717, 1.165) is 0 Å². The number of carbonyl (C=O) groups excluding carboxylic acids is 1. The summed E-state index contributed by atoms with van der Waals surface area (Å²) in [4.78, 5) is 23.0. The van der Waals surface area contributed by atoms with E-state index in [1.807, 2.05) is 0 Å². The van der Waals surface area contributed by atoms with E-state index >= 15 is 0 Å². The number of methoxy groups -OCH3 is 1. The first kappa shape index (κ1) is 18.0. The summed E-state index contributed by atoms with van der Waals surface area (Å²) in [7, 11) is 1.46. The lowest BCUT2D eigenvalue weighted by Crippen LogP contribution is -2.17. The summed E-state index contributed by atoms with van der Waals surface area (Å²) in [6.07, 6.45) is 3.82. The molecule has 0 aromatic heterocycles. The highest BCUT2D eigenvalue weighted by molar-refractivity contribution is 8.26. The largest absolute Gasteiger partial charge is 0.493 e. The fraction of sp³-hybridized carbons (Fsp3) is 0.188. The van der Waals surface area contributed by atoms with E-state index in [-0.39, 0.29) is 5.91 Å². The molecule has 2 rings (SSSR count). The van der Waals surface area contributed by atoms with Crippen molar-refractivity contribution in [3.05, 3.63) is 40.8 Å². The van der Waals surface area contributed by atoms with Gasteiger partial charge in [0.15, 0.2) is 18.1 Å². The van der Waals surface area contributed by atoms with Gasteiger partial charge in [-0.2, -0.15) is 0 Å². The minimum Gasteiger partial charge on any atom is -0.493 e. The zero-order valence-electron chi connectivity index (χ0n) is 12.8. The second-order valence-corrected chi connectivity index (χ2v) is 6.46. The molecule has 0 radical (unpaired) electrons. The minimum absolute atomic E-state index is 0.250. The summed E-state index contributed by atoms with van der Waals surface area (Å²) < 4.78 is 11.0. The fourth-order valence-corrected chi connectivity index (χ4v) is 3.14. The molecule has 0 atom stereocenters. The van der Waals surface area contributed by atoms with Crippen molar-refractivity contribution in [3.63, 3.8) is 0 Å². The highest BCUT2D eigenvalue weighted by atomic mass is 32.2. The van der Waals surface area contributed by atoms with Crippen LogP contribution in [0.25, 0.3) is 6.08 Å². The molecule has 0 unspecified atom stereocenters. The van der Waals surface area contributed by atoms with Gasteiger partial charge in [0.25, 0.3) is 5.91 Å². The molecule has 0 aliphatic carbocycles. The lowest BCUT2D eigenvalue weighted by atomic mass is 10.0. The molecule has 0 saturated carbocycles. The van der Waals surface area contributed by atoms with Crippen molar-refractivity contribution in [2.75, 3.05) is 13.7 Å². The Morgan fingerprint density at radius 1 is 1.50 bits per heavy atom. The first-order valence-corrected chi connectivity index (χ1v) is 8.08. The third-order valence-corrected chi connectivity index (χ3v) is 4.18. The first-order chi connectivity index (χ1) is 11.4. The van der Waals surface area contributed by atoms with E-state index in [4.69, 9.17) is 26.8 Å². The topological polar surface area (TPSA) is 84.9 Å². The SMILES string of the molecule is C=CCc1cc(/C=C2\SC(=S)NC2=O)cc(OC)c1OCC(=O)O. The summed E-state index contributed by atoms with van der Waals surface area (Å²) in [5, 5.41) is 11.4. The smallest absolute Gasteiger partial charge is 0.341 e. The first-order valence-electron chi connectivity index (χ1n) is 6.86. The number of hydrogen-bond donors (Lipinski definition) is 2. The van der Waals surface area contributed by atoms with Crippen molar-refractivity contribution in [1.29, 1.82) is 0 Å². The van der Waals surface area contributed by atoms with E-state index in [0.29, 0.717) is 38.3 Å². The molecule has 1 aliphatic heterocycles. The number of hydrogen-bond acceptors (Lipinski definition) is 6. The Bertz CT molecular complexity index is 742. The van der Waals surface area contributed by atoms with Crippen LogP contribution in [0.5, 0.6) is 11.5 Å². The number of amides is 1. The van der Waals surface area contributed by atoms with Crippen LogP contribution in [0.3, 0.4) is 0 Å². The van der Waals surface area contributed by atoms with Gasteiger partial charge in [-0.1, -0.05) is 30.1 Å². The molecule has 1 heterocycles. The number of aliphatic carboxylic acids is 1. The van der Waals surface area contributed by atoms with Crippen molar-refractivity contribution >= 4 is 46.3 Å². The van der Waals surface area contributed by atoms with Gasteiger partial charge in [-0.15, -0.1) is 6.58 Å². The summed E-state index contributed by atoms with van der Waals surface area (Å²) in [5.41, 5.74) is 1.43. The van der Waals surface area contributed by atoms with Crippen molar-refractivity contribution in [2.24, 2.45) is 0 Å². The maximum atomic E-state index is 11.8. The molecule has 1 fully saturated rings. The normalized spacial score (nSPS) is 15.3. The van der Waals surface area contributed by atoms with Gasteiger partial charge in [0.1, 0.15) is 4.32 Å². The zero-order chi connectivity index (χ0) is 17.7. The van der Waals surface area contributed by atoms with Crippen molar-refractivity contribution in [1.82, 2.24) is 5.32 Å². The molecule has 1 aromatic carbocycles. The summed E-state index contributed by atoms with van der Waals surface area (Å²) in [6, 6.07) is 3.47. The van der Waals surface area contributed by atoms with Crippen LogP contribution in [0.1, 0.15) is 11.1 Å². The molecule has 1 amide bonds. The third-order valence-electron chi connectivity index (χ3n) is 3.02. The van der Waals surface area contributed by atoms with Gasteiger partial charge < -0.3 is 19.9 Å². The molecule has 24 heavy (non-hydrogen) atoms. The van der Waals surface area contributed by atoms with Crippen LogP contribution < -0.4 is 14.8 Å². The molecular weight excluding hydrogens is 350 g/mol. The van der Waals surface area contributed by atoms with Crippen LogP contribution in [-0.2, 0) is 16.0 Å². The van der Waals surface area contributed by atoms with Crippen LogP contribution in [0.15, 0.2) is 29.7 Å². The van der Waals surface area contributed by atoms with Gasteiger partial charge >= 0.3 is 5.97 Å². The van der Waals surface area contributed by atoms with E-state index in [9.17, 15) is 9.59 Å². The molecule has 0 spiro atoms. The van der Waals surface area contributed by atoms with Gasteiger partial charge in [0, 0.05) is 5.56 Å². The van der Waals surface area contributed by atoms with E-state index in [2.05, 4.69) is 11.9 Å². The quantitative estimate of drug-likeness (QED) is 0.436. The number of carbonyl (C=O) groups is 2. The van der Waals surface area contributed by atoms with Crippen molar-refractivity contribution < 1.29 is 24.2 Å². The number of rotatable bonds is 7. The molecule has 0 bridgehead atoms. The van der Waals surface area contributed by atoms with E-state index < -0.39 is 12.6 Å². The molecule has 1 aromatic rings. The van der Waals surface area contributed by atoms with E-state index in [1.54, 1.807) is 24.3 Å². The Kier molecular flexibility index (Phi) is 5.99. The Labute approximate surface area is 148 Å². The maximum absolute atomic E-state index is 11.8. The number of thioether (sulfide) groups is 1. The Morgan fingerprint density at radius 3 is 2.79 bits per heavy atom. The van der Waals surface area contributed by atoms with E-state index in [1.165, 1.54) is 18.9 Å². The maximum Gasteiger partial charge on any atom is 0.341 e. The van der Waals surface area contributed by atoms with Crippen LogP contribution >= 0.6 is 24.0 Å². The van der Waals surface area contributed by atoms with Crippen molar-refractivity contribution in [3.8, 4) is 11.5 Å². The van der Waals surface area contributed by atoms with Crippen LogP contribution in [0, 0.1) is 0 Å². The molecule has 126 valence electrons. The van der Waals surface area contributed by atoms with Gasteiger partial charge in [0.05, 0.1) is 12.0 Å². The number of benzene rings is 1. The summed E-state index contributed by atoms with van der Waals surface area (Å²) >= 11 is 6.14. The second-order valence-electron chi connectivity index (χ2n) is 4.74. The third kappa shape index (κ3) is 4.36. The number of carboxylic acids is 1. The average molecular weight is 365 g/mol. The highest BCUT2D eigenvalue weighted by Crippen LogP contribution is 2.35. The van der Waals surface area contributed by atoms with Gasteiger partial charge in [-0.05, 0) is 30.2 Å². The van der Waals surface area contributed by atoms with Crippen LogP contribution in [-0.4, -0.2) is 35.0 Å². The monoisotopic (exact) mass is 365 g/mol. The second kappa shape index (κ2) is 7.98. The Hall–Kier alpha value is -2.32. The Balaban J connectivity index is 2.43. The van der Waals surface area contributed by atoms with Gasteiger partial charge in [-0.3, -0.25) is 4.79 Å².